The lowest BCUT2D eigenvalue weighted by Gasteiger charge is -2.07. The number of carbonyl (C=O) groups is 2. The molecule has 0 radical (unpaired) electrons. The Morgan fingerprint density at radius 2 is 2.07 bits per heavy atom. The fraction of sp³-hybridized carbons (Fsp3) is 0.222. The highest BCUT2D eigenvalue weighted by molar-refractivity contribution is 6.00. The van der Waals surface area contributed by atoms with Crippen LogP contribution in [0.15, 0.2) is 24.5 Å². The highest BCUT2D eigenvalue weighted by Gasteiger charge is 2.20. The van der Waals surface area contributed by atoms with E-state index >= 15 is 0 Å². The number of carboxylic acid groups (broad SMARTS) is 1. The number of hydrogen-bond donors (Lipinski definition) is 3. The van der Waals surface area contributed by atoms with Gasteiger partial charge in [-0.1, -0.05) is 0 Å². The van der Waals surface area contributed by atoms with Crippen LogP contribution in [0.5, 0.6) is 0 Å². The second-order valence-corrected chi connectivity index (χ2v) is 2.89. The van der Waals surface area contributed by atoms with E-state index in [2.05, 4.69) is 10.3 Å². The highest BCUT2D eigenvalue weighted by Crippen LogP contribution is 1.94. The van der Waals surface area contributed by atoms with E-state index in [1.165, 1.54) is 0 Å². The maximum Gasteiger partial charge on any atom is 0.330 e. The molecule has 1 atom stereocenters. The van der Waals surface area contributed by atoms with Gasteiger partial charge in [0.1, 0.15) is 0 Å². The summed E-state index contributed by atoms with van der Waals surface area (Å²) in [5, 5.41) is 10.9. The molecule has 1 rings (SSSR count). The predicted octanol–water partition coefficient (Wildman–Crippen LogP) is -0.890. The van der Waals surface area contributed by atoms with Crippen LogP contribution in [0.4, 0.5) is 0 Å². The Bertz CT molecular complexity index is 353. The number of carboxylic acids is 1. The Morgan fingerprint density at radius 1 is 1.47 bits per heavy atom. The first-order valence-corrected chi connectivity index (χ1v) is 4.26. The average Bonchev–Trinajstić information content (AvgIpc) is 2.26. The fourth-order valence-corrected chi connectivity index (χ4v) is 0.912. The molecule has 4 N–H and O–H groups in total. The number of carbonyl (C=O) groups excluding carboxylic acids is 1. The Kier molecular flexibility index (Phi) is 3.75. The van der Waals surface area contributed by atoms with Crippen LogP contribution < -0.4 is 11.1 Å². The molecular formula is C9H11N3O3. The van der Waals surface area contributed by atoms with E-state index in [0.29, 0.717) is 0 Å². The molecule has 0 bridgehead atoms. The van der Waals surface area contributed by atoms with Gasteiger partial charge in [0.05, 0.1) is 0 Å². The summed E-state index contributed by atoms with van der Waals surface area (Å²) in [7, 11) is 0. The van der Waals surface area contributed by atoms with Crippen molar-refractivity contribution in [3.8, 4) is 0 Å². The first kappa shape index (κ1) is 11.1. The number of hydrogen-bond acceptors (Lipinski definition) is 4. The third kappa shape index (κ3) is 3.35. The topological polar surface area (TPSA) is 105 Å². The number of rotatable bonds is 4. The van der Waals surface area contributed by atoms with E-state index in [9.17, 15) is 9.59 Å². The van der Waals surface area contributed by atoms with Gasteiger partial charge < -0.3 is 16.2 Å². The smallest absolute Gasteiger partial charge is 0.330 e. The van der Waals surface area contributed by atoms with Gasteiger partial charge in [0, 0.05) is 18.9 Å². The summed E-state index contributed by atoms with van der Waals surface area (Å²) in [6.45, 7) is 0.238. The second kappa shape index (κ2) is 5.06. The van der Waals surface area contributed by atoms with Crippen molar-refractivity contribution in [1.82, 2.24) is 10.3 Å². The highest BCUT2D eigenvalue weighted by atomic mass is 16.4. The van der Waals surface area contributed by atoms with Crippen LogP contribution in [0.2, 0.25) is 0 Å². The van der Waals surface area contributed by atoms with Gasteiger partial charge in [-0.15, -0.1) is 0 Å². The zero-order chi connectivity index (χ0) is 11.3. The fourth-order valence-electron chi connectivity index (χ4n) is 0.912. The normalized spacial score (nSPS) is 11.8. The standard InChI is InChI=1S/C9H11N3O3/c10-7(9(14)15)8(13)12-5-6-1-3-11-4-2-6/h1-4,7H,5,10H2,(H,12,13)(H,14,15). The first-order valence-electron chi connectivity index (χ1n) is 4.26. The molecule has 15 heavy (non-hydrogen) atoms. The maximum absolute atomic E-state index is 11.1. The van der Waals surface area contributed by atoms with Crippen molar-refractivity contribution in [2.24, 2.45) is 5.73 Å². The summed E-state index contributed by atoms with van der Waals surface area (Å²) in [4.78, 5) is 25.3. The Hall–Kier alpha value is -1.95. The molecule has 6 nitrogen and oxygen atoms in total. The average molecular weight is 209 g/mol. The molecule has 80 valence electrons. The lowest BCUT2D eigenvalue weighted by molar-refractivity contribution is -0.142. The molecule has 0 saturated carbocycles. The lowest BCUT2D eigenvalue weighted by Crippen LogP contribution is -2.45. The molecule has 0 saturated heterocycles. The molecule has 0 aliphatic rings. The molecule has 0 aliphatic heterocycles. The van der Waals surface area contributed by atoms with Gasteiger partial charge in [-0.2, -0.15) is 0 Å². The monoisotopic (exact) mass is 209 g/mol. The molecule has 1 aromatic rings. The largest absolute Gasteiger partial charge is 0.480 e. The van der Waals surface area contributed by atoms with Crippen molar-refractivity contribution in [1.29, 1.82) is 0 Å². The van der Waals surface area contributed by atoms with Crippen molar-refractivity contribution in [2.75, 3.05) is 0 Å². The molecule has 1 amide bonds. The van der Waals surface area contributed by atoms with Gasteiger partial charge in [0.2, 0.25) is 5.91 Å². The summed E-state index contributed by atoms with van der Waals surface area (Å²) in [5.41, 5.74) is 5.93. The number of amides is 1. The third-order valence-corrected chi connectivity index (χ3v) is 1.76. The van der Waals surface area contributed by atoms with Crippen LogP contribution in [0.3, 0.4) is 0 Å². The minimum absolute atomic E-state index is 0.238. The van der Waals surface area contributed by atoms with Gasteiger partial charge in [-0.25, -0.2) is 4.79 Å². The molecule has 0 fully saturated rings. The van der Waals surface area contributed by atoms with Crippen molar-refractivity contribution in [3.63, 3.8) is 0 Å². The van der Waals surface area contributed by atoms with Crippen LogP contribution in [-0.2, 0) is 16.1 Å². The zero-order valence-electron chi connectivity index (χ0n) is 7.88. The molecule has 1 unspecified atom stereocenters. The van der Waals surface area contributed by atoms with Gasteiger partial charge >= 0.3 is 5.97 Å². The van der Waals surface area contributed by atoms with Crippen molar-refractivity contribution >= 4 is 11.9 Å². The number of nitrogens with two attached hydrogens (primary N) is 1. The Balaban J connectivity index is 2.44. The van der Waals surface area contributed by atoms with Gasteiger partial charge in [0.25, 0.3) is 0 Å². The number of pyridine rings is 1. The Labute approximate surface area is 86.1 Å². The quantitative estimate of drug-likeness (QED) is 0.558. The van der Waals surface area contributed by atoms with Crippen LogP contribution in [0, 0.1) is 0 Å². The zero-order valence-corrected chi connectivity index (χ0v) is 7.88. The van der Waals surface area contributed by atoms with Gasteiger partial charge in [-0.05, 0) is 17.7 Å². The molecule has 1 heterocycles. The minimum Gasteiger partial charge on any atom is -0.480 e. The Morgan fingerprint density at radius 3 is 2.60 bits per heavy atom. The van der Waals surface area contributed by atoms with Crippen LogP contribution >= 0.6 is 0 Å². The van der Waals surface area contributed by atoms with Crippen molar-refractivity contribution < 1.29 is 14.7 Å². The molecule has 0 aromatic carbocycles. The molecule has 0 spiro atoms. The molecular weight excluding hydrogens is 198 g/mol. The second-order valence-electron chi connectivity index (χ2n) is 2.89. The predicted molar refractivity (Wildman–Crippen MR) is 51.7 cm³/mol. The number of nitrogens with one attached hydrogen (secondary N) is 1. The van der Waals surface area contributed by atoms with E-state index in [1.54, 1.807) is 24.5 Å². The molecule has 1 aromatic heterocycles. The molecule has 6 heteroatoms. The summed E-state index contributed by atoms with van der Waals surface area (Å²) >= 11 is 0. The SMILES string of the molecule is NC(C(=O)O)C(=O)NCc1ccncc1. The minimum atomic E-state index is -1.52. The van der Waals surface area contributed by atoms with E-state index in [4.69, 9.17) is 10.8 Å². The lowest BCUT2D eigenvalue weighted by atomic mass is 10.2. The van der Waals surface area contributed by atoms with E-state index in [1.807, 2.05) is 0 Å². The summed E-state index contributed by atoms with van der Waals surface area (Å²) in [6, 6.07) is 1.91. The van der Waals surface area contributed by atoms with E-state index < -0.39 is 17.9 Å². The van der Waals surface area contributed by atoms with Crippen molar-refractivity contribution in [2.45, 2.75) is 12.6 Å². The number of aliphatic carboxylic acids is 1. The van der Waals surface area contributed by atoms with Gasteiger partial charge in [0.15, 0.2) is 6.04 Å². The number of aromatic nitrogens is 1. The first-order chi connectivity index (χ1) is 7.11. The summed E-state index contributed by atoms with van der Waals surface area (Å²) < 4.78 is 0. The summed E-state index contributed by atoms with van der Waals surface area (Å²) in [5.74, 6) is -2.05. The summed E-state index contributed by atoms with van der Waals surface area (Å²) in [6.07, 6.45) is 3.16. The van der Waals surface area contributed by atoms with E-state index in [-0.39, 0.29) is 6.54 Å². The third-order valence-electron chi connectivity index (χ3n) is 1.76. The maximum atomic E-state index is 11.1. The van der Waals surface area contributed by atoms with Gasteiger partial charge in [-0.3, -0.25) is 9.78 Å². The van der Waals surface area contributed by atoms with E-state index in [0.717, 1.165) is 5.56 Å². The number of nitrogens with zero attached hydrogens (tertiary/aromatic N) is 1. The van der Waals surface area contributed by atoms with Crippen LogP contribution in [-0.4, -0.2) is 28.0 Å². The van der Waals surface area contributed by atoms with Crippen molar-refractivity contribution in [3.05, 3.63) is 30.1 Å². The van der Waals surface area contributed by atoms with Crippen LogP contribution in [0.1, 0.15) is 5.56 Å². The van der Waals surface area contributed by atoms with Crippen LogP contribution in [0.25, 0.3) is 0 Å². The molecule has 0 aliphatic carbocycles.